The topological polar surface area (TPSA) is 72.2 Å². The number of aromatic nitrogens is 4. The van der Waals surface area contributed by atoms with Crippen LogP contribution < -0.4 is 5.32 Å². The number of nitrogens with one attached hydrogen (secondary N) is 1. The van der Waals surface area contributed by atoms with Crippen molar-refractivity contribution < 1.29 is 4.79 Å². The van der Waals surface area contributed by atoms with Crippen LogP contribution in [-0.2, 0) is 0 Å². The Morgan fingerprint density at radius 3 is 2.67 bits per heavy atom. The van der Waals surface area contributed by atoms with Gasteiger partial charge in [0, 0.05) is 29.5 Å². The summed E-state index contributed by atoms with van der Waals surface area (Å²) in [5, 5.41) is 4.47. The molecule has 0 aliphatic rings. The van der Waals surface area contributed by atoms with Gasteiger partial charge in [0.1, 0.15) is 5.69 Å². The molecular formula is C17H13N5OS. The lowest BCUT2D eigenvalue weighted by Gasteiger charge is -2.01. The SMILES string of the molecule is Cc1ccc(-c2cn3c(C(=O)Nc4ncccn4)csc3n2)cc1. The molecule has 4 aromatic rings. The number of carbonyl (C=O) groups excluding carboxylic acids is 1. The molecule has 4 rings (SSSR count). The number of anilines is 1. The highest BCUT2D eigenvalue weighted by Crippen LogP contribution is 2.24. The van der Waals surface area contributed by atoms with E-state index >= 15 is 0 Å². The number of thiazole rings is 1. The Morgan fingerprint density at radius 2 is 1.92 bits per heavy atom. The fourth-order valence-corrected chi connectivity index (χ4v) is 3.19. The smallest absolute Gasteiger partial charge is 0.275 e. The van der Waals surface area contributed by atoms with Gasteiger partial charge in [0.05, 0.1) is 5.69 Å². The first-order valence-electron chi connectivity index (χ1n) is 7.33. The van der Waals surface area contributed by atoms with Crippen LogP contribution in [0.3, 0.4) is 0 Å². The number of aryl methyl sites for hydroxylation is 1. The number of nitrogens with zero attached hydrogens (tertiary/aromatic N) is 4. The average Bonchev–Trinajstić information content (AvgIpc) is 3.17. The fourth-order valence-electron chi connectivity index (χ4n) is 2.34. The Hall–Kier alpha value is -3.06. The predicted molar refractivity (Wildman–Crippen MR) is 93.2 cm³/mol. The van der Waals surface area contributed by atoms with Crippen LogP contribution in [0.15, 0.2) is 54.3 Å². The molecule has 0 bridgehead atoms. The van der Waals surface area contributed by atoms with E-state index in [1.54, 1.807) is 28.2 Å². The second kappa shape index (κ2) is 5.86. The molecule has 0 aliphatic carbocycles. The van der Waals surface area contributed by atoms with Crippen molar-refractivity contribution in [3.8, 4) is 11.3 Å². The van der Waals surface area contributed by atoms with Gasteiger partial charge in [-0.3, -0.25) is 14.5 Å². The van der Waals surface area contributed by atoms with Crippen LogP contribution in [0.4, 0.5) is 5.95 Å². The molecule has 0 saturated carbocycles. The molecule has 0 atom stereocenters. The van der Waals surface area contributed by atoms with E-state index in [-0.39, 0.29) is 11.9 Å². The van der Waals surface area contributed by atoms with Crippen LogP contribution in [0.25, 0.3) is 16.2 Å². The molecule has 0 aliphatic heterocycles. The van der Waals surface area contributed by atoms with E-state index < -0.39 is 0 Å². The van der Waals surface area contributed by atoms with Gasteiger partial charge < -0.3 is 0 Å². The van der Waals surface area contributed by atoms with Crippen molar-refractivity contribution in [2.75, 3.05) is 5.32 Å². The van der Waals surface area contributed by atoms with Gasteiger partial charge in [-0.05, 0) is 13.0 Å². The third-order valence-corrected chi connectivity index (χ3v) is 4.42. The summed E-state index contributed by atoms with van der Waals surface area (Å²) in [6.45, 7) is 2.05. The first-order valence-corrected chi connectivity index (χ1v) is 8.21. The second-order valence-electron chi connectivity index (χ2n) is 5.29. The van der Waals surface area contributed by atoms with E-state index in [0.717, 1.165) is 16.2 Å². The molecule has 24 heavy (non-hydrogen) atoms. The summed E-state index contributed by atoms with van der Waals surface area (Å²) in [4.78, 5) is 25.8. The highest BCUT2D eigenvalue weighted by Gasteiger charge is 2.16. The van der Waals surface area contributed by atoms with E-state index in [1.165, 1.54) is 16.9 Å². The maximum Gasteiger partial charge on any atom is 0.275 e. The third-order valence-electron chi connectivity index (χ3n) is 3.58. The van der Waals surface area contributed by atoms with Crippen LogP contribution in [0.1, 0.15) is 16.1 Å². The molecule has 0 fully saturated rings. The molecule has 1 amide bonds. The number of fused-ring (bicyclic) bond motifs is 1. The van der Waals surface area contributed by atoms with E-state index in [0.29, 0.717) is 5.69 Å². The molecule has 3 aromatic heterocycles. The van der Waals surface area contributed by atoms with E-state index in [9.17, 15) is 4.79 Å². The van der Waals surface area contributed by atoms with Gasteiger partial charge in [-0.2, -0.15) is 0 Å². The lowest BCUT2D eigenvalue weighted by molar-refractivity contribution is 0.102. The first-order chi connectivity index (χ1) is 11.7. The number of hydrogen-bond donors (Lipinski definition) is 1. The number of amides is 1. The average molecular weight is 335 g/mol. The van der Waals surface area contributed by atoms with E-state index in [4.69, 9.17) is 0 Å². The van der Waals surface area contributed by atoms with Crippen molar-refractivity contribution in [3.63, 3.8) is 0 Å². The minimum Gasteiger partial charge on any atom is -0.289 e. The summed E-state index contributed by atoms with van der Waals surface area (Å²) in [6, 6.07) is 9.84. The largest absolute Gasteiger partial charge is 0.289 e. The third kappa shape index (κ3) is 2.65. The molecule has 0 radical (unpaired) electrons. The second-order valence-corrected chi connectivity index (χ2v) is 6.13. The number of carbonyl (C=O) groups is 1. The Morgan fingerprint density at radius 1 is 1.17 bits per heavy atom. The molecule has 0 unspecified atom stereocenters. The normalized spacial score (nSPS) is 10.9. The predicted octanol–water partition coefficient (Wildman–Crippen LogP) is 3.41. The molecule has 1 aromatic carbocycles. The number of rotatable bonds is 3. The summed E-state index contributed by atoms with van der Waals surface area (Å²) in [6.07, 6.45) is 5.04. The summed E-state index contributed by atoms with van der Waals surface area (Å²) >= 11 is 1.42. The minimum absolute atomic E-state index is 0.264. The molecule has 6 nitrogen and oxygen atoms in total. The van der Waals surface area contributed by atoms with Gasteiger partial charge in [-0.1, -0.05) is 29.8 Å². The zero-order valence-electron chi connectivity index (χ0n) is 12.8. The number of benzene rings is 1. The Kier molecular flexibility index (Phi) is 3.55. The van der Waals surface area contributed by atoms with Gasteiger partial charge in [0.25, 0.3) is 5.91 Å². The lowest BCUT2D eigenvalue weighted by atomic mass is 10.1. The van der Waals surface area contributed by atoms with Crippen LogP contribution >= 0.6 is 11.3 Å². The van der Waals surface area contributed by atoms with Gasteiger partial charge in [0.15, 0.2) is 4.96 Å². The zero-order chi connectivity index (χ0) is 16.5. The molecule has 118 valence electrons. The van der Waals surface area contributed by atoms with Crippen molar-refractivity contribution in [2.24, 2.45) is 0 Å². The van der Waals surface area contributed by atoms with Crippen molar-refractivity contribution in [1.82, 2.24) is 19.4 Å². The van der Waals surface area contributed by atoms with Crippen LogP contribution in [-0.4, -0.2) is 25.3 Å². The van der Waals surface area contributed by atoms with Crippen LogP contribution in [0.2, 0.25) is 0 Å². The quantitative estimate of drug-likeness (QED) is 0.623. The van der Waals surface area contributed by atoms with E-state index in [1.807, 2.05) is 37.4 Å². The summed E-state index contributed by atoms with van der Waals surface area (Å²) in [5.74, 6) is 0.0148. The number of imidazole rings is 1. The molecule has 0 saturated heterocycles. The van der Waals surface area contributed by atoms with Gasteiger partial charge >= 0.3 is 0 Å². The Labute approximate surface area is 141 Å². The van der Waals surface area contributed by atoms with Crippen molar-refractivity contribution in [1.29, 1.82) is 0 Å². The Balaban J connectivity index is 1.67. The molecule has 3 heterocycles. The number of hydrogen-bond acceptors (Lipinski definition) is 5. The summed E-state index contributed by atoms with van der Waals surface area (Å²) in [7, 11) is 0. The molecule has 7 heteroatoms. The monoisotopic (exact) mass is 335 g/mol. The maximum absolute atomic E-state index is 12.4. The highest BCUT2D eigenvalue weighted by molar-refractivity contribution is 7.15. The lowest BCUT2D eigenvalue weighted by Crippen LogP contribution is -2.15. The maximum atomic E-state index is 12.4. The van der Waals surface area contributed by atoms with Gasteiger partial charge in [-0.25, -0.2) is 15.0 Å². The van der Waals surface area contributed by atoms with E-state index in [2.05, 4.69) is 20.3 Å². The zero-order valence-corrected chi connectivity index (χ0v) is 13.6. The van der Waals surface area contributed by atoms with Crippen molar-refractivity contribution in [2.45, 2.75) is 6.92 Å². The molecule has 1 N–H and O–H groups in total. The summed E-state index contributed by atoms with van der Waals surface area (Å²) in [5.41, 5.74) is 3.57. The minimum atomic E-state index is -0.264. The van der Waals surface area contributed by atoms with Crippen molar-refractivity contribution in [3.05, 3.63) is 65.6 Å². The standard InChI is InChI=1S/C17H13N5OS/c1-11-3-5-12(6-4-11)13-9-22-14(10-24-17(22)20-13)15(23)21-16-18-7-2-8-19-16/h2-10H,1H3,(H,18,19,21,23). The van der Waals surface area contributed by atoms with Crippen LogP contribution in [0, 0.1) is 6.92 Å². The molecular weight excluding hydrogens is 322 g/mol. The highest BCUT2D eigenvalue weighted by atomic mass is 32.1. The summed E-state index contributed by atoms with van der Waals surface area (Å²) < 4.78 is 1.79. The Bertz CT molecular complexity index is 1000. The fraction of sp³-hybridized carbons (Fsp3) is 0.0588. The van der Waals surface area contributed by atoms with Gasteiger partial charge in [0.2, 0.25) is 5.95 Å². The molecule has 0 spiro atoms. The van der Waals surface area contributed by atoms with Crippen LogP contribution in [0.5, 0.6) is 0 Å². The first kappa shape index (κ1) is 14.5. The van der Waals surface area contributed by atoms with Crippen molar-refractivity contribution >= 4 is 28.2 Å². The van der Waals surface area contributed by atoms with Gasteiger partial charge in [-0.15, -0.1) is 11.3 Å².